The van der Waals surface area contributed by atoms with Gasteiger partial charge in [-0.05, 0) is 64.0 Å². The number of benzene rings is 1. The Balaban J connectivity index is 1.09. The lowest BCUT2D eigenvalue weighted by atomic mass is 9.89. The highest BCUT2D eigenvalue weighted by molar-refractivity contribution is 7.16. The van der Waals surface area contributed by atoms with Gasteiger partial charge in [0, 0.05) is 68.8 Å². The van der Waals surface area contributed by atoms with Crippen LogP contribution < -0.4 is 16.0 Å². The van der Waals surface area contributed by atoms with Gasteiger partial charge in [0.1, 0.15) is 12.0 Å². The van der Waals surface area contributed by atoms with Gasteiger partial charge in [0.15, 0.2) is 0 Å². The average molecular weight is 561 g/mol. The molecule has 1 unspecified atom stereocenters. The summed E-state index contributed by atoms with van der Waals surface area (Å²) in [4.78, 5) is 29.5. The Kier molecular flexibility index (Phi) is 7.41. The molecule has 0 saturated carbocycles. The molecule has 0 bridgehead atoms. The number of aliphatic imine (C=N–C) groups is 1. The van der Waals surface area contributed by atoms with Gasteiger partial charge in [-0.1, -0.05) is 6.08 Å². The fourth-order valence-electron chi connectivity index (χ4n) is 6.05. The number of thiazole rings is 1. The molecule has 10 heteroatoms. The zero-order chi connectivity index (χ0) is 27.9. The normalized spacial score (nSPS) is 22.2. The van der Waals surface area contributed by atoms with Crippen LogP contribution in [0.5, 0.6) is 0 Å². The van der Waals surface area contributed by atoms with Crippen LogP contribution in [0.15, 0.2) is 63.5 Å². The topological polar surface area (TPSA) is 88.1 Å². The second-order valence-corrected chi connectivity index (χ2v) is 12.9. The van der Waals surface area contributed by atoms with Crippen molar-refractivity contribution >= 4 is 39.5 Å². The van der Waals surface area contributed by atoms with E-state index in [-0.39, 0.29) is 12.1 Å². The van der Waals surface area contributed by atoms with Gasteiger partial charge in [-0.3, -0.25) is 14.6 Å². The van der Waals surface area contributed by atoms with Gasteiger partial charge in [-0.25, -0.2) is 9.98 Å². The third-order valence-corrected chi connectivity index (χ3v) is 9.18. The highest BCUT2D eigenvalue weighted by Gasteiger charge is 2.36. The molecule has 4 aliphatic rings. The molecule has 1 amide bonds. The monoisotopic (exact) mass is 560 g/mol. The van der Waals surface area contributed by atoms with Crippen molar-refractivity contribution in [3.8, 4) is 0 Å². The number of rotatable bonds is 7. The Morgan fingerprint density at radius 3 is 2.77 bits per heavy atom. The summed E-state index contributed by atoms with van der Waals surface area (Å²) in [5.41, 5.74) is 6.91. The van der Waals surface area contributed by atoms with Crippen molar-refractivity contribution in [3.63, 3.8) is 0 Å². The molecule has 1 fully saturated rings. The minimum atomic E-state index is -0.404. The first-order chi connectivity index (χ1) is 19.3. The van der Waals surface area contributed by atoms with E-state index in [9.17, 15) is 4.79 Å². The van der Waals surface area contributed by atoms with Crippen LogP contribution in [0.1, 0.15) is 34.1 Å². The molecule has 1 aromatic carbocycles. The molecule has 1 atom stereocenters. The van der Waals surface area contributed by atoms with Crippen LogP contribution in [0.4, 0.5) is 5.69 Å². The summed E-state index contributed by atoms with van der Waals surface area (Å²) < 4.78 is 1.15. The summed E-state index contributed by atoms with van der Waals surface area (Å²) in [6, 6.07) is 6.79. The maximum Gasteiger partial charge on any atom is 0.229 e. The lowest BCUT2D eigenvalue weighted by molar-refractivity contribution is -0.141. The number of carbonyl (C=O) groups is 1. The molecule has 0 radical (unpaired) electrons. The number of hydrogen-bond donors (Lipinski definition) is 3. The molecule has 4 aliphatic heterocycles. The van der Waals surface area contributed by atoms with Crippen LogP contribution in [0.25, 0.3) is 10.2 Å². The standard InChI is InChI=1S/C30H40N8OS/c1-20(2)37-13-11-36(12-14-37)17-30(3,4)29(39)38-9-7-21(8-10-38)25-16-23-27(31-18-32-28(23)35-25)34-22-5-6-24-26(15-22)40-19-33-24/h5-7,15-16,18-20,28,34-35H,8-14,17H2,1-4H3,(H,31,32). The Morgan fingerprint density at radius 2 is 2.02 bits per heavy atom. The first kappa shape index (κ1) is 27.0. The minimum Gasteiger partial charge on any atom is -0.360 e. The first-order valence-electron chi connectivity index (χ1n) is 14.3. The fourth-order valence-corrected chi connectivity index (χ4v) is 6.77. The van der Waals surface area contributed by atoms with Crippen LogP contribution in [0, 0.1) is 5.41 Å². The highest BCUT2D eigenvalue weighted by Crippen LogP contribution is 2.31. The second kappa shape index (κ2) is 11.0. The number of aromatic nitrogens is 1. The zero-order valence-electron chi connectivity index (χ0n) is 23.9. The van der Waals surface area contributed by atoms with Crippen molar-refractivity contribution < 1.29 is 4.79 Å². The van der Waals surface area contributed by atoms with Crippen LogP contribution in [0.2, 0.25) is 0 Å². The molecule has 6 rings (SSSR count). The molecule has 0 aliphatic carbocycles. The van der Waals surface area contributed by atoms with E-state index in [0.29, 0.717) is 12.6 Å². The molecular formula is C30H40N8OS. The number of piperazine rings is 1. The van der Waals surface area contributed by atoms with E-state index in [1.807, 2.05) is 22.5 Å². The largest absolute Gasteiger partial charge is 0.360 e. The van der Waals surface area contributed by atoms with E-state index in [4.69, 9.17) is 0 Å². The highest BCUT2D eigenvalue weighted by atomic mass is 32.1. The third kappa shape index (κ3) is 5.53. The van der Waals surface area contributed by atoms with Crippen LogP contribution in [-0.4, -0.2) is 90.0 Å². The molecule has 212 valence electrons. The summed E-state index contributed by atoms with van der Waals surface area (Å²) in [6.07, 6.45) is 6.84. The molecular weight excluding hydrogens is 520 g/mol. The van der Waals surface area contributed by atoms with Crippen molar-refractivity contribution in [3.05, 3.63) is 58.5 Å². The number of allylic oxidation sites excluding steroid dienone is 1. The van der Waals surface area contributed by atoms with E-state index >= 15 is 0 Å². The SMILES string of the molecule is CC(C)N1CCN(CC(C)(C)C(=O)N2CC=C(C3=CC4=C(Nc5ccc6ncsc6c5)NC=NC4N3)CC2)CC1. The molecule has 1 aromatic heterocycles. The quantitative estimate of drug-likeness (QED) is 0.477. The zero-order valence-corrected chi connectivity index (χ0v) is 24.7. The maximum absolute atomic E-state index is 13.6. The summed E-state index contributed by atoms with van der Waals surface area (Å²) in [5, 5.41) is 10.4. The van der Waals surface area contributed by atoms with Crippen molar-refractivity contribution in [2.75, 3.05) is 51.1 Å². The van der Waals surface area contributed by atoms with E-state index in [0.717, 1.165) is 78.7 Å². The predicted octanol–water partition coefficient (Wildman–Crippen LogP) is 3.58. The number of anilines is 1. The molecule has 1 saturated heterocycles. The van der Waals surface area contributed by atoms with Crippen LogP contribution in [0.3, 0.4) is 0 Å². The van der Waals surface area contributed by atoms with Crippen LogP contribution in [-0.2, 0) is 4.79 Å². The Hall–Kier alpha value is -3.21. The number of amides is 1. The van der Waals surface area contributed by atoms with Gasteiger partial charge in [0.25, 0.3) is 0 Å². The molecule has 5 heterocycles. The van der Waals surface area contributed by atoms with E-state index in [1.165, 1.54) is 5.57 Å². The van der Waals surface area contributed by atoms with Gasteiger partial charge in [0.2, 0.25) is 5.91 Å². The average Bonchev–Trinajstić information content (AvgIpc) is 3.60. The van der Waals surface area contributed by atoms with Gasteiger partial charge in [0.05, 0.1) is 27.5 Å². The number of nitrogens with zero attached hydrogens (tertiary/aromatic N) is 5. The summed E-state index contributed by atoms with van der Waals surface area (Å²) in [6.45, 7) is 15.1. The Bertz CT molecular complexity index is 1400. The third-order valence-electron chi connectivity index (χ3n) is 8.39. The lowest BCUT2D eigenvalue weighted by Gasteiger charge is -2.41. The van der Waals surface area contributed by atoms with Crippen molar-refractivity contribution in [2.45, 2.75) is 46.3 Å². The molecule has 0 spiro atoms. The molecule has 40 heavy (non-hydrogen) atoms. The van der Waals surface area contributed by atoms with Crippen molar-refractivity contribution in [2.24, 2.45) is 10.4 Å². The van der Waals surface area contributed by atoms with Crippen molar-refractivity contribution in [1.82, 2.24) is 30.3 Å². The summed E-state index contributed by atoms with van der Waals surface area (Å²) >= 11 is 1.64. The molecule has 2 aromatic rings. The van der Waals surface area contributed by atoms with Gasteiger partial charge in [-0.2, -0.15) is 0 Å². The number of nitrogens with one attached hydrogen (secondary N) is 3. The smallest absolute Gasteiger partial charge is 0.229 e. The number of fused-ring (bicyclic) bond motifs is 2. The van der Waals surface area contributed by atoms with Crippen LogP contribution >= 0.6 is 11.3 Å². The Labute approximate surface area is 240 Å². The molecule has 9 nitrogen and oxygen atoms in total. The molecule has 3 N–H and O–H groups in total. The van der Waals surface area contributed by atoms with Gasteiger partial charge in [-0.15, -0.1) is 11.3 Å². The van der Waals surface area contributed by atoms with Gasteiger partial charge < -0.3 is 20.9 Å². The van der Waals surface area contributed by atoms with Crippen molar-refractivity contribution in [1.29, 1.82) is 0 Å². The number of carbonyl (C=O) groups excluding carboxylic acids is 1. The second-order valence-electron chi connectivity index (χ2n) is 12.0. The first-order valence-corrected chi connectivity index (χ1v) is 15.2. The lowest BCUT2D eigenvalue weighted by Crippen LogP contribution is -2.54. The minimum absolute atomic E-state index is 0.124. The predicted molar refractivity (Wildman–Crippen MR) is 163 cm³/mol. The van der Waals surface area contributed by atoms with Gasteiger partial charge >= 0.3 is 0 Å². The fraction of sp³-hybridized carbons (Fsp3) is 0.500. The summed E-state index contributed by atoms with van der Waals surface area (Å²) in [5.74, 6) is 1.17. The van der Waals surface area contributed by atoms with E-state index < -0.39 is 5.41 Å². The summed E-state index contributed by atoms with van der Waals surface area (Å²) in [7, 11) is 0. The Morgan fingerprint density at radius 1 is 1.20 bits per heavy atom. The van der Waals surface area contributed by atoms with E-state index in [1.54, 1.807) is 17.7 Å². The number of hydrogen-bond acceptors (Lipinski definition) is 9. The maximum atomic E-state index is 13.6. The van der Waals surface area contributed by atoms with E-state index in [2.05, 4.69) is 81.6 Å².